The van der Waals surface area contributed by atoms with Gasteiger partial charge in [0.15, 0.2) is 0 Å². The highest BCUT2D eigenvalue weighted by Gasteiger charge is 2.14. The van der Waals surface area contributed by atoms with E-state index in [-0.39, 0.29) is 11.4 Å². The normalized spacial score (nSPS) is 10.3. The lowest BCUT2D eigenvalue weighted by Crippen LogP contribution is -2.06. The number of nitrogens with one attached hydrogen (secondary N) is 1. The minimum absolute atomic E-state index is 0.0441. The van der Waals surface area contributed by atoms with Crippen LogP contribution in [0.15, 0.2) is 30.5 Å². The number of rotatable bonds is 3. The molecular weight excluding hydrogens is 369 g/mol. The van der Waals surface area contributed by atoms with E-state index in [4.69, 9.17) is 5.11 Å². The average Bonchev–Trinajstić information content (AvgIpc) is 2.36. The van der Waals surface area contributed by atoms with Crippen LogP contribution in [0.4, 0.5) is 20.3 Å². The van der Waals surface area contributed by atoms with Crippen molar-refractivity contribution in [1.29, 1.82) is 0 Å². The van der Waals surface area contributed by atoms with Crippen LogP contribution in [0.2, 0.25) is 0 Å². The summed E-state index contributed by atoms with van der Waals surface area (Å²) in [6.45, 7) is 0. The molecule has 4 nitrogen and oxygen atoms in total. The number of anilines is 2. The van der Waals surface area contributed by atoms with Gasteiger partial charge in [0.05, 0.1) is 15.5 Å². The van der Waals surface area contributed by atoms with Crippen molar-refractivity contribution in [2.45, 2.75) is 0 Å². The first-order chi connectivity index (χ1) is 8.99. The van der Waals surface area contributed by atoms with Crippen molar-refractivity contribution in [3.05, 3.63) is 51.2 Å². The SMILES string of the molecule is O=C(O)c1cc(F)cnc1Nc1cccc(F)c1I. The molecule has 2 aromatic rings. The summed E-state index contributed by atoms with van der Waals surface area (Å²) in [5, 5.41) is 11.7. The molecule has 1 aromatic heterocycles. The maximum absolute atomic E-state index is 13.4. The second-order valence-electron chi connectivity index (χ2n) is 3.58. The Morgan fingerprint density at radius 3 is 2.79 bits per heavy atom. The number of nitrogens with zero attached hydrogens (tertiary/aromatic N) is 1. The van der Waals surface area contributed by atoms with Gasteiger partial charge < -0.3 is 10.4 Å². The van der Waals surface area contributed by atoms with E-state index in [0.29, 0.717) is 9.26 Å². The lowest BCUT2D eigenvalue weighted by Gasteiger charge is -2.10. The Hall–Kier alpha value is -1.77. The standard InChI is InChI=1S/C12H7F2IN2O2/c13-6-4-7(12(18)19)11(16-5-6)17-9-3-1-2-8(14)10(9)15/h1-5H,(H,16,17)(H,18,19). The van der Waals surface area contributed by atoms with Crippen molar-refractivity contribution in [1.82, 2.24) is 4.98 Å². The molecule has 7 heteroatoms. The second-order valence-corrected chi connectivity index (χ2v) is 4.66. The Morgan fingerprint density at radius 2 is 2.11 bits per heavy atom. The number of hydrogen-bond donors (Lipinski definition) is 2. The van der Waals surface area contributed by atoms with Gasteiger partial charge in [-0.25, -0.2) is 18.6 Å². The predicted octanol–water partition coefficient (Wildman–Crippen LogP) is 3.41. The van der Waals surface area contributed by atoms with E-state index in [2.05, 4.69) is 10.3 Å². The third kappa shape index (κ3) is 2.98. The van der Waals surface area contributed by atoms with Gasteiger partial charge in [-0.05, 0) is 40.8 Å². The largest absolute Gasteiger partial charge is 0.478 e. The summed E-state index contributed by atoms with van der Waals surface area (Å²) >= 11 is 1.78. The average molecular weight is 376 g/mol. The molecule has 1 heterocycles. The van der Waals surface area contributed by atoms with Gasteiger partial charge in [0.25, 0.3) is 0 Å². The van der Waals surface area contributed by atoms with E-state index in [1.54, 1.807) is 28.7 Å². The molecule has 0 spiro atoms. The van der Waals surface area contributed by atoms with Gasteiger partial charge in [-0.15, -0.1) is 0 Å². The molecule has 2 rings (SSSR count). The molecule has 19 heavy (non-hydrogen) atoms. The summed E-state index contributed by atoms with van der Waals surface area (Å²) in [5.74, 6) is -2.56. The van der Waals surface area contributed by atoms with Crippen LogP contribution in [0.3, 0.4) is 0 Å². The first-order valence-electron chi connectivity index (χ1n) is 5.09. The minimum atomic E-state index is -1.32. The van der Waals surface area contributed by atoms with Gasteiger partial charge >= 0.3 is 5.97 Å². The fraction of sp³-hybridized carbons (Fsp3) is 0. The molecule has 0 aliphatic carbocycles. The van der Waals surface area contributed by atoms with Gasteiger partial charge in [0, 0.05) is 0 Å². The topological polar surface area (TPSA) is 62.2 Å². The highest BCUT2D eigenvalue weighted by Crippen LogP contribution is 2.25. The van der Waals surface area contributed by atoms with E-state index in [1.165, 1.54) is 12.1 Å². The van der Waals surface area contributed by atoms with Gasteiger partial charge in [0.2, 0.25) is 0 Å². The first-order valence-corrected chi connectivity index (χ1v) is 6.17. The van der Waals surface area contributed by atoms with Crippen molar-refractivity contribution >= 4 is 40.1 Å². The lowest BCUT2D eigenvalue weighted by molar-refractivity contribution is 0.0697. The zero-order valence-electron chi connectivity index (χ0n) is 9.32. The summed E-state index contributed by atoms with van der Waals surface area (Å²) in [4.78, 5) is 14.7. The van der Waals surface area contributed by atoms with Crippen LogP contribution in [-0.4, -0.2) is 16.1 Å². The highest BCUT2D eigenvalue weighted by atomic mass is 127. The van der Waals surface area contributed by atoms with E-state index < -0.39 is 17.6 Å². The van der Waals surface area contributed by atoms with Gasteiger partial charge in [-0.1, -0.05) is 6.07 Å². The number of aromatic nitrogens is 1. The molecule has 98 valence electrons. The molecule has 0 saturated carbocycles. The molecule has 0 aliphatic heterocycles. The van der Waals surface area contributed by atoms with Gasteiger partial charge in [-0.3, -0.25) is 0 Å². The zero-order valence-corrected chi connectivity index (χ0v) is 11.5. The van der Waals surface area contributed by atoms with Crippen molar-refractivity contribution in [3.8, 4) is 0 Å². The van der Waals surface area contributed by atoms with Crippen LogP contribution < -0.4 is 5.32 Å². The Morgan fingerprint density at radius 1 is 1.37 bits per heavy atom. The third-order valence-electron chi connectivity index (χ3n) is 2.29. The summed E-state index contributed by atoms with van der Waals surface area (Å²) in [5.41, 5.74) is 0.0438. The van der Waals surface area contributed by atoms with Crippen molar-refractivity contribution < 1.29 is 18.7 Å². The maximum atomic E-state index is 13.4. The number of aromatic carboxylic acids is 1. The fourth-order valence-corrected chi connectivity index (χ4v) is 1.92. The smallest absolute Gasteiger partial charge is 0.339 e. The lowest BCUT2D eigenvalue weighted by atomic mass is 10.2. The summed E-state index contributed by atoms with van der Waals surface area (Å²) < 4.78 is 26.6. The Balaban J connectivity index is 2.44. The Bertz CT molecular complexity index is 650. The summed E-state index contributed by atoms with van der Waals surface area (Å²) in [6, 6.07) is 5.18. The molecule has 0 bridgehead atoms. The monoisotopic (exact) mass is 376 g/mol. The van der Waals surface area contributed by atoms with Crippen molar-refractivity contribution in [2.75, 3.05) is 5.32 Å². The van der Waals surface area contributed by atoms with Crippen LogP contribution >= 0.6 is 22.6 Å². The molecule has 0 amide bonds. The van der Waals surface area contributed by atoms with Gasteiger partial charge in [0.1, 0.15) is 23.0 Å². The fourth-order valence-electron chi connectivity index (χ4n) is 1.43. The quantitative estimate of drug-likeness (QED) is 0.807. The number of halogens is 3. The molecule has 0 aliphatic rings. The highest BCUT2D eigenvalue weighted by molar-refractivity contribution is 14.1. The van der Waals surface area contributed by atoms with Crippen molar-refractivity contribution in [3.63, 3.8) is 0 Å². The molecule has 0 unspecified atom stereocenters. The van der Waals surface area contributed by atoms with Crippen LogP contribution in [0.5, 0.6) is 0 Å². The van der Waals surface area contributed by atoms with Crippen LogP contribution in [0.1, 0.15) is 10.4 Å². The van der Waals surface area contributed by atoms with Crippen LogP contribution in [0.25, 0.3) is 0 Å². The number of carbonyl (C=O) groups is 1. The van der Waals surface area contributed by atoms with Gasteiger partial charge in [-0.2, -0.15) is 0 Å². The minimum Gasteiger partial charge on any atom is -0.478 e. The first kappa shape index (κ1) is 13.7. The molecular formula is C12H7F2IN2O2. The Kier molecular flexibility index (Phi) is 3.93. The molecule has 2 N–H and O–H groups in total. The zero-order chi connectivity index (χ0) is 14.0. The third-order valence-corrected chi connectivity index (χ3v) is 3.39. The second kappa shape index (κ2) is 5.47. The number of hydrogen-bond acceptors (Lipinski definition) is 3. The molecule has 1 aromatic carbocycles. The Labute approximate surface area is 120 Å². The molecule has 0 saturated heterocycles. The number of carboxylic acids is 1. The van der Waals surface area contributed by atoms with Crippen molar-refractivity contribution in [2.24, 2.45) is 0 Å². The van der Waals surface area contributed by atoms with Crippen LogP contribution in [-0.2, 0) is 0 Å². The van der Waals surface area contributed by atoms with E-state index in [9.17, 15) is 13.6 Å². The molecule has 0 atom stereocenters. The predicted molar refractivity (Wildman–Crippen MR) is 73.6 cm³/mol. The maximum Gasteiger partial charge on any atom is 0.339 e. The van der Waals surface area contributed by atoms with Crippen LogP contribution in [0, 0.1) is 15.2 Å². The van der Waals surface area contributed by atoms with E-state index in [1.807, 2.05) is 0 Å². The van der Waals surface area contributed by atoms with E-state index >= 15 is 0 Å². The van der Waals surface area contributed by atoms with E-state index in [0.717, 1.165) is 12.3 Å². The summed E-state index contributed by atoms with van der Waals surface area (Å²) in [7, 11) is 0. The molecule has 0 radical (unpaired) electrons. The number of pyridine rings is 1. The molecule has 0 fully saturated rings. The number of benzene rings is 1. The number of carboxylic acid groups (broad SMARTS) is 1. The summed E-state index contributed by atoms with van der Waals surface area (Å²) in [6.07, 6.45) is 0.890.